The van der Waals surface area contributed by atoms with Crippen LogP contribution in [0.3, 0.4) is 0 Å². The normalized spacial score (nSPS) is 10.0. The molecule has 1 amide bonds. The van der Waals surface area contributed by atoms with Crippen molar-refractivity contribution < 1.29 is 9.18 Å². The number of carbonyl (C=O) groups is 1. The minimum atomic E-state index is -0.288. The molecular formula is C13H13FN4O. The molecule has 0 unspecified atom stereocenters. The van der Waals surface area contributed by atoms with Crippen LogP contribution in [-0.4, -0.2) is 23.2 Å². The summed E-state index contributed by atoms with van der Waals surface area (Å²) in [6.45, 7) is 0.436. The van der Waals surface area contributed by atoms with Gasteiger partial charge in [-0.15, -0.1) is 10.2 Å². The first-order chi connectivity index (χ1) is 9.19. The van der Waals surface area contributed by atoms with Crippen molar-refractivity contribution >= 4 is 11.7 Å². The van der Waals surface area contributed by atoms with E-state index in [2.05, 4.69) is 20.8 Å². The zero-order valence-electron chi connectivity index (χ0n) is 10.4. The highest BCUT2D eigenvalue weighted by atomic mass is 19.1. The number of amides is 1. The molecule has 2 rings (SSSR count). The quantitative estimate of drug-likeness (QED) is 0.876. The molecule has 0 aliphatic heterocycles. The van der Waals surface area contributed by atoms with Crippen LogP contribution in [0.4, 0.5) is 10.2 Å². The maximum Gasteiger partial charge on any atom is 0.271 e. The second-order valence-corrected chi connectivity index (χ2v) is 3.87. The zero-order valence-corrected chi connectivity index (χ0v) is 10.4. The summed E-state index contributed by atoms with van der Waals surface area (Å²) in [4.78, 5) is 11.3. The van der Waals surface area contributed by atoms with Crippen LogP contribution in [0.5, 0.6) is 0 Å². The van der Waals surface area contributed by atoms with Crippen molar-refractivity contribution in [3.8, 4) is 0 Å². The van der Waals surface area contributed by atoms with Crippen LogP contribution in [0.2, 0.25) is 0 Å². The van der Waals surface area contributed by atoms with Gasteiger partial charge in [-0.1, -0.05) is 12.1 Å². The van der Waals surface area contributed by atoms with Crippen LogP contribution in [0.15, 0.2) is 36.4 Å². The number of rotatable bonds is 4. The van der Waals surface area contributed by atoms with E-state index in [4.69, 9.17) is 0 Å². The van der Waals surface area contributed by atoms with E-state index >= 15 is 0 Å². The average molecular weight is 260 g/mol. The topological polar surface area (TPSA) is 66.9 Å². The number of hydrogen-bond acceptors (Lipinski definition) is 4. The number of nitrogens with one attached hydrogen (secondary N) is 2. The van der Waals surface area contributed by atoms with Crippen LogP contribution >= 0.6 is 0 Å². The van der Waals surface area contributed by atoms with Crippen LogP contribution in [0, 0.1) is 5.82 Å². The third-order valence-corrected chi connectivity index (χ3v) is 2.49. The summed E-state index contributed by atoms with van der Waals surface area (Å²) >= 11 is 0. The van der Waals surface area contributed by atoms with Crippen molar-refractivity contribution in [3.05, 3.63) is 53.5 Å². The van der Waals surface area contributed by atoms with E-state index in [0.29, 0.717) is 12.4 Å². The smallest absolute Gasteiger partial charge is 0.271 e. The number of nitrogens with zero attached hydrogens (tertiary/aromatic N) is 2. The maximum atomic E-state index is 13.0. The number of carbonyl (C=O) groups excluding carboxylic acids is 1. The highest BCUT2D eigenvalue weighted by molar-refractivity contribution is 5.91. The van der Waals surface area contributed by atoms with Crippen LogP contribution in [-0.2, 0) is 6.54 Å². The molecule has 2 aromatic rings. The van der Waals surface area contributed by atoms with E-state index in [0.717, 1.165) is 5.56 Å². The van der Waals surface area contributed by atoms with Gasteiger partial charge in [-0.3, -0.25) is 4.79 Å². The van der Waals surface area contributed by atoms with Gasteiger partial charge in [0.2, 0.25) is 0 Å². The fraction of sp³-hybridized carbons (Fsp3) is 0.154. The molecule has 0 atom stereocenters. The van der Waals surface area contributed by atoms with Gasteiger partial charge >= 0.3 is 0 Å². The first-order valence-corrected chi connectivity index (χ1v) is 5.73. The lowest BCUT2D eigenvalue weighted by molar-refractivity contribution is 0.0957. The average Bonchev–Trinajstić information content (AvgIpc) is 2.45. The van der Waals surface area contributed by atoms with E-state index in [1.54, 1.807) is 18.2 Å². The minimum absolute atomic E-state index is 0.249. The highest BCUT2D eigenvalue weighted by Crippen LogP contribution is 2.07. The Morgan fingerprint density at radius 2 is 2.11 bits per heavy atom. The summed E-state index contributed by atoms with van der Waals surface area (Å²) in [6.07, 6.45) is 0. The molecule has 98 valence electrons. The molecule has 1 aromatic heterocycles. The summed E-state index contributed by atoms with van der Waals surface area (Å²) in [5.74, 6) is -0.0403. The molecular weight excluding hydrogens is 247 g/mol. The largest absolute Gasteiger partial charge is 0.365 e. The SMILES string of the molecule is CNC(=O)c1ccc(NCc2cccc(F)c2)nn1. The van der Waals surface area contributed by atoms with Crippen molar-refractivity contribution in [1.82, 2.24) is 15.5 Å². The van der Waals surface area contributed by atoms with E-state index in [9.17, 15) is 9.18 Å². The summed E-state index contributed by atoms with van der Waals surface area (Å²) in [5, 5.41) is 13.1. The summed E-state index contributed by atoms with van der Waals surface area (Å²) in [7, 11) is 1.53. The van der Waals surface area contributed by atoms with Gasteiger partial charge in [0.05, 0.1) is 0 Å². The van der Waals surface area contributed by atoms with Crippen LogP contribution in [0.1, 0.15) is 16.1 Å². The Labute approximate surface area is 109 Å². The number of anilines is 1. The molecule has 0 spiro atoms. The van der Waals surface area contributed by atoms with Crippen LogP contribution < -0.4 is 10.6 Å². The van der Waals surface area contributed by atoms with Crippen molar-refractivity contribution in [1.29, 1.82) is 0 Å². The summed E-state index contributed by atoms with van der Waals surface area (Å²) < 4.78 is 13.0. The standard InChI is InChI=1S/C13H13FN4O/c1-15-13(19)11-5-6-12(18-17-11)16-8-9-3-2-4-10(14)7-9/h2-7H,8H2,1H3,(H,15,19)(H,16,18). The molecule has 1 aromatic carbocycles. The number of hydrogen-bond donors (Lipinski definition) is 2. The molecule has 0 aliphatic rings. The molecule has 1 heterocycles. The summed E-state index contributed by atoms with van der Waals surface area (Å²) in [5.41, 5.74) is 1.05. The molecule has 0 saturated carbocycles. The Morgan fingerprint density at radius 1 is 1.26 bits per heavy atom. The minimum Gasteiger partial charge on any atom is -0.365 e. The Balaban J connectivity index is 1.98. The van der Waals surface area contributed by atoms with Gasteiger partial charge in [-0.2, -0.15) is 0 Å². The lowest BCUT2D eigenvalue weighted by Gasteiger charge is -2.05. The van der Waals surface area contributed by atoms with Gasteiger partial charge in [0.25, 0.3) is 5.91 Å². The molecule has 5 nitrogen and oxygen atoms in total. The molecule has 0 saturated heterocycles. The van der Waals surface area contributed by atoms with E-state index < -0.39 is 0 Å². The Kier molecular flexibility index (Phi) is 4.02. The van der Waals surface area contributed by atoms with Crippen LogP contribution in [0.25, 0.3) is 0 Å². The molecule has 2 N–H and O–H groups in total. The van der Waals surface area contributed by atoms with Gasteiger partial charge in [0.15, 0.2) is 5.69 Å². The number of aromatic nitrogens is 2. The van der Waals surface area contributed by atoms with Crippen molar-refractivity contribution in [2.75, 3.05) is 12.4 Å². The van der Waals surface area contributed by atoms with Crippen molar-refractivity contribution in [2.24, 2.45) is 0 Å². The molecule has 0 aliphatic carbocycles. The molecule has 0 bridgehead atoms. The monoisotopic (exact) mass is 260 g/mol. The lowest BCUT2D eigenvalue weighted by Crippen LogP contribution is -2.19. The fourth-order valence-corrected chi connectivity index (χ4v) is 1.52. The Bertz CT molecular complexity index is 571. The Morgan fingerprint density at radius 3 is 2.74 bits per heavy atom. The molecule has 0 radical (unpaired) electrons. The molecule has 6 heteroatoms. The van der Waals surface area contributed by atoms with Gasteiger partial charge in [0.1, 0.15) is 11.6 Å². The Hall–Kier alpha value is -2.50. The third kappa shape index (κ3) is 3.48. The van der Waals surface area contributed by atoms with E-state index in [1.807, 2.05) is 6.07 Å². The zero-order chi connectivity index (χ0) is 13.7. The third-order valence-electron chi connectivity index (χ3n) is 2.49. The van der Waals surface area contributed by atoms with Crippen molar-refractivity contribution in [3.63, 3.8) is 0 Å². The maximum absolute atomic E-state index is 13.0. The summed E-state index contributed by atoms with van der Waals surface area (Å²) in [6, 6.07) is 9.51. The van der Waals surface area contributed by atoms with Gasteiger partial charge < -0.3 is 10.6 Å². The second-order valence-electron chi connectivity index (χ2n) is 3.87. The fourth-order valence-electron chi connectivity index (χ4n) is 1.52. The second kappa shape index (κ2) is 5.90. The molecule has 0 fully saturated rings. The van der Waals surface area contributed by atoms with E-state index in [-0.39, 0.29) is 17.4 Å². The van der Waals surface area contributed by atoms with Crippen molar-refractivity contribution in [2.45, 2.75) is 6.54 Å². The first kappa shape index (κ1) is 12.9. The predicted molar refractivity (Wildman–Crippen MR) is 69.1 cm³/mol. The number of halogens is 1. The van der Waals surface area contributed by atoms with Gasteiger partial charge in [-0.05, 0) is 29.8 Å². The van der Waals surface area contributed by atoms with Gasteiger partial charge in [-0.25, -0.2) is 4.39 Å². The molecule has 19 heavy (non-hydrogen) atoms. The lowest BCUT2D eigenvalue weighted by atomic mass is 10.2. The van der Waals surface area contributed by atoms with Gasteiger partial charge in [0, 0.05) is 13.6 Å². The highest BCUT2D eigenvalue weighted by Gasteiger charge is 2.05. The first-order valence-electron chi connectivity index (χ1n) is 5.73. The van der Waals surface area contributed by atoms with E-state index in [1.165, 1.54) is 19.2 Å². The predicted octanol–water partition coefficient (Wildman–Crippen LogP) is 1.59. The number of benzene rings is 1.